The van der Waals surface area contributed by atoms with E-state index in [1.54, 1.807) is 6.92 Å². The Morgan fingerprint density at radius 1 is 1.47 bits per heavy atom. The van der Waals surface area contributed by atoms with Crippen LogP contribution in [-0.2, 0) is 4.79 Å². The maximum Gasteiger partial charge on any atom is 0.236 e. The average Bonchev–Trinajstić information content (AvgIpc) is 2.16. The quantitative estimate of drug-likeness (QED) is 0.672. The molecule has 0 spiro atoms. The second-order valence-electron chi connectivity index (χ2n) is 5.14. The van der Waals surface area contributed by atoms with E-state index in [4.69, 9.17) is 10.8 Å². The third kappa shape index (κ3) is 4.12. The molecule has 0 radical (unpaired) electrons. The van der Waals surface area contributed by atoms with Gasteiger partial charge in [-0.3, -0.25) is 4.79 Å². The molecule has 2 atom stereocenters. The molecule has 0 heterocycles. The summed E-state index contributed by atoms with van der Waals surface area (Å²) in [6.07, 6.45) is 4.33. The molecule has 0 aromatic carbocycles. The van der Waals surface area contributed by atoms with Crippen LogP contribution in [0, 0.1) is 11.3 Å². The number of halogens is 1. The van der Waals surface area contributed by atoms with Crippen LogP contribution in [-0.4, -0.2) is 30.2 Å². The molecule has 1 aliphatic rings. The molecule has 102 valence electrons. The highest BCUT2D eigenvalue weighted by molar-refractivity contribution is 5.85. The van der Waals surface area contributed by atoms with Crippen molar-refractivity contribution in [3.63, 3.8) is 0 Å². The van der Waals surface area contributed by atoms with Crippen molar-refractivity contribution in [3.8, 4) is 0 Å². The highest BCUT2D eigenvalue weighted by Crippen LogP contribution is 2.47. The SMILES string of the molecule is CC(N)C(=O)NCC1(C(C)CCO)CCC1.Cl. The molecule has 0 aliphatic heterocycles. The molecule has 1 fully saturated rings. The monoisotopic (exact) mass is 264 g/mol. The van der Waals surface area contributed by atoms with Gasteiger partial charge in [-0.15, -0.1) is 12.4 Å². The third-order valence-electron chi connectivity index (χ3n) is 3.99. The largest absolute Gasteiger partial charge is 0.396 e. The zero-order chi connectivity index (χ0) is 12.2. The van der Waals surface area contributed by atoms with Crippen LogP contribution < -0.4 is 11.1 Å². The Morgan fingerprint density at radius 3 is 2.41 bits per heavy atom. The van der Waals surface area contributed by atoms with Crippen molar-refractivity contribution >= 4 is 18.3 Å². The fourth-order valence-electron chi connectivity index (χ4n) is 2.40. The molecule has 0 bridgehead atoms. The van der Waals surface area contributed by atoms with E-state index < -0.39 is 6.04 Å². The predicted octanol–water partition coefficient (Wildman–Crippen LogP) is 1.06. The van der Waals surface area contributed by atoms with Gasteiger partial charge in [-0.05, 0) is 37.5 Å². The predicted molar refractivity (Wildman–Crippen MR) is 71.1 cm³/mol. The zero-order valence-electron chi connectivity index (χ0n) is 10.7. The number of carbonyl (C=O) groups is 1. The first kappa shape index (κ1) is 16.7. The minimum Gasteiger partial charge on any atom is -0.396 e. The third-order valence-corrected chi connectivity index (χ3v) is 3.99. The van der Waals surface area contributed by atoms with Crippen LogP contribution in [0.15, 0.2) is 0 Å². The van der Waals surface area contributed by atoms with E-state index in [0.29, 0.717) is 12.5 Å². The number of hydrogen-bond donors (Lipinski definition) is 3. The number of rotatable bonds is 6. The molecule has 1 amide bonds. The van der Waals surface area contributed by atoms with Gasteiger partial charge < -0.3 is 16.2 Å². The second kappa shape index (κ2) is 7.19. The van der Waals surface area contributed by atoms with E-state index in [-0.39, 0.29) is 30.3 Å². The van der Waals surface area contributed by atoms with Gasteiger partial charge in [-0.1, -0.05) is 13.3 Å². The molecular formula is C12H25ClN2O2. The smallest absolute Gasteiger partial charge is 0.236 e. The van der Waals surface area contributed by atoms with Crippen molar-refractivity contribution < 1.29 is 9.90 Å². The molecule has 0 aromatic rings. The molecular weight excluding hydrogens is 240 g/mol. The first-order chi connectivity index (χ1) is 7.52. The van der Waals surface area contributed by atoms with Crippen molar-refractivity contribution in [2.75, 3.05) is 13.2 Å². The van der Waals surface area contributed by atoms with Gasteiger partial charge in [0.25, 0.3) is 0 Å². The lowest BCUT2D eigenvalue weighted by molar-refractivity contribution is -0.123. The summed E-state index contributed by atoms with van der Waals surface area (Å²) < 4.78 is 0. The summed E-state index contributed by atoms with van der Waals surface area (Å²) >= 11 is 0. The molecule has 17 heavy (non-hydrogen) atoms. The van der Waals surface area contributed by atoms with Crippen LogP contribution in [0.5, 0.6) is 0 Å². The van der Waals surface area contributed by atoms with Gasteiger partial charge in [0, 0.05) is 13.2 Å². The van der Waals surface area contributed by atoms with Crippen molar-refractivity contribution in [1.29, 1.82) is 0 Å². The summed E-state index contributed by atoms with van der Waals surface area (Å²) in [7, 11) is 0. The van der Waals surface area contributed by atoms with E-state index in [0.717, 1.165) is 19.3 Å². The van der Waals surface area contributed by atoms with Gasteiger partial charge in [0.15, 0.2) is 0 Å². The normalized spacial score (nSPS) is 20.7. The first-order valence-electron chi connectivity index (χ1n) is 6.16. The number of hydrogen-bond acceptors (Lipinski definition) is 3. The Balaban J connectivity index is 0.00000256. The van der Waals surface area contributed by atoms with E-state index in [1.807, 2.05) is 0 Å². The number of nitrogens with one attached hydrogen (secondary N) is 1. The van der Waals surface area contributed by atoms with Crippen LogP contribution in [0.25, 0.3) is 0 Å². The topological polar surface area (TPSA) is 75.4 Å². The van der Waals surface area contributed by atoms with Gasteiger partial charge >= 0.3 is 0 Å². The number of carbonyl (C=O) groups excluding carboxylic acids is 1. The van der Waals surface area contributed by atoms with E-state index in [1.165, 1.54) is 6.42 Å². The number of amides is 1. The molecule has 1 aliphatic carbocycles. The minimum atomic E-state index is -0.440. The Morgan fingerprint density at radius 2 is 2.06 bits per heavy atom. The van der Waals surface area contributed by atoms with Crippen LogP contribution in [0.2, 0.25) is 0 Å². The molecule has 0 aromatic heterocycles. The minimum absolute atomic E-state index is 0. The summed E-state index contributed by atoms with van der Waals surface area (Å²) in [4.78, 5) is 11.4. The zero-order valence-corrected chi connectivity index (χ0v) is 11.6. The molecule has 4 nitrogen and oxygen atoms in total. The maximum absolute atomic E-state index is 11.4. The lowest BCUT2D eigenvalue weighted by atomic mass is 9.60. The number of aliphatic hydroxyl groups is 1. The van der Waals surface area contributed by atoms with E-state index >= 15 is 0 Å². The van der Waals surface area contributed by atoms with Gasteiger partial charge in [0.2, 0.25) is 5.91 Å². The van der Waals surface area contributed by atoms with E-state index in [9.17, 15) is 4.79 Å². The Kier molecular flexibility index (Phi) is 7.05. The van der Waals surface area contributed by atoms with Crippen LogP contribution in [0.3, 0.4) is 0 Å². The van der Waals surface area contributed by atoms with Gasteiger partial charge in [0.05, 0.1) is 6.04 Å². The molecule has 4 N–H and O–H groups in total. The average molecular weight is 265 g/mol. The first-order valence-corrected chi connectivity index (χ1v) is 6.16. The second-order valence-corrected chi connectivity index (χ2v) is 5.14. The number of nitrogens with two attached hydrogens (primary N) is 1. The van der Waals surface area contributed by atoms with Crippen LogP contribution >= 0.6 is 12.4 Å². The van der Waals surface area contributed by atoms with Crippen molar-refractivity contribution in [2.24, 2.45) is 17.1 Å². The Hall–Kier alpha value is -0.320. The Labute approximate surface area is 110 Å². The molecule has 1 saturated carbocycles. The molecule has 2 unspecified atom stereocenters. The van der Waals surface area contributed by atoms with Gasteiger partial charge in [-0.2, -0.15) is 0 Å². The molecule has 1 rings (SSSR count). The summed E-state index contributed by atoms with van der Waals surface area (Å²) in [6.45, 7) is 4.78. The van der Waals surface area contributed by atoms with Crippen molar-refractivity contribution in [3.05, 3.63) is 0 Å². The van der Waals surface area contributed by atoms with Crippen LogP contribution in [0.1, 0.15) is 39.5 Å². The summed E-state index contributed by atoms with van der Waals surface area (Å²) in [5.74, 6) is 0.377. The summed E-state index contributed by atoms with van der Waals surface area (Å²) in [5.41, 5.74) is 5.71. The summed E-state index contributed by atoms with van der Waals surface area (Å²) in [6, 6.07) is -0.440. The lowest BCUT2D eigenvalue weighted by Gasteiger charge is -2.47. The summed E-state index contributed by atoms with van der Waals surface area (Å²) in [5, 5.41) is 11.9. The van der Waals surface area contributed by atoms with Gasteiger partial charge in [-0.25, -0.2) is 0 Å². The van der Waals surface area contributed by atoms with Crippen LogP contribution in [0.4, 0.5) is 0 Å². The Bertz CT molecular complexity index is 243. The molecule has 0 saturated heterocycles. The van der Waals surface area contributed by atoms with Crippen molar-refractivity contribution in [2.45, 2.75) is 45.6 Å². The highest BCUT2D eigenvalue weighted by Gasteiger charge is 2.41. The van der Waals surface area contributed by atoms with E-state index in [2.05, 4.69) is 12.2 Å². The van der Waals surface area contributed by atoms with Crippen molar-refractivity contribution in [1.82, 2.24) is 5.32 Å². The standard InChI is InChI=1S/C12H24N2O2.ClH/c1-9(4-7-15)12(5-3-6-12)8-14-11(16)10(2)13;/h9-10,15H,3-8,13H2,1-2H3,(H,14,16);1H. The lowest BCUT2D eigenvalue weighted by Crippen LogP contribution is -2.49. The van der Waals surface area contributed by atoms with Gasteiger partial charge in [0.1, 0.15) is 0 Å². The fourth-order valence-corrected chi connectivity index (χ4v) is 2.40. The maximum atomic E-state index is 11.4. The fraction of sp³-hybridized carbons (Fsp3) is 0.917. The highest BCUT2D eigenvalue weighted by atomic mass is 35.5. The number of aliphatic hydroxyl groups excluding tert-OH is 1. The molecule has 5 heteroatoms.